The highest BCUT2D eigenvalue weighted by atomic mass is 35.5. The highest BCUT2D eigenvalue weighted by molar-refractivity contribution is 6.28. The van der Waals surface area contributed by atoms with Gasteiger partial charge in [0.25, 0.3) is 0 Å². The average molecular weight is 272 g/mol. The van der Waals surface area contributed by atoms with Crippen LogP contribution in [0.3, 0.4) is 0 Å². The van der Waals surface area contributed by atoms with Gasteiger partial charge < -0.3 is 14.5 Å². The second-order valence-electron chi connectivity index (χ2n) is 4.60. The molecule has 0 bridgehead atoms. The zero-order valence-electron chi connectivity index (χ0n) is 10.9. The number of rotatable bonds is 3. The number of piperidine rings is 1. The summed E-state index contributed by atoms with van der Waals surface area (Å²) in [7, 11) is 5.71. The first kappa shape index (κ1) is 13.3. The van der Waals surface area contributed by atoms with Gasteiger partial charge in [0.1, 0.15) is 0 Å². The fourth-order valence-electron chi connectivity index (χ4n) is 2.11. The lowest BCUT2D eigenvalue weighted by atomic mass is 10.1. The average Bonchev–Trinajstić information content (AvgIpc) is 2.38. The van der Waals surface area contributed by atoms with Crippen molar-refractivity contribution in [3.05, 3.63) is 5.28 Å². The molecule has 0 radical (unpaired) electrons. The van der Waals surface area contributed by atoms with Crippen LogP contribution in [0.25, 0.3) is 0 Å². The van der Waals surface area contributed by atoms with E-state index < -0.39 is 0 Å². The molecule has 6 nitrogen and oxygen atoms in total. The van der Waals surface area contributed by atoms with Gasteiger partial charge in [0.15, 0.2) is 0 Å². The molecule has 1 atom stereocenters. The molecule has 0 N–H and O–H groups in total. The van der Waals surface area contributed by atoms with Crippen LogP contribution in [0.4, 0.5) is 5.95 Å². The van der Waals surface area contributed by atoms with Crippen molar-refractivity contribution >= 4 is 17.5 Å². The van der Waals surface area contributed by atoms with E-state index in [9.17, 15) is 0 Å². The number of anilines is 1. The minimum atomic E-state index is 0.170. The summed E-state index contributed by atoms with van der Waals surface area (Å²) in [4.78, 5) is 16.7. The standard InChI is InChI=1S/C11H18ClN5O/c1-16(2)8-5-4-6-17(7-8)10-13-9(12)14-11(15-10)18-3/h8H,4-7H2,1-3H3. The molecule has 1 aromatic heterocycles. The van der Waals surface area contributed by atoms with Gasteiger partial charge in [0.05, 0.1) is 7.11 Å². The highest BCUT2D eigenvalue weighted by Crippen LogP contribution is 2.20. The molecule has 0 saturated carbocycles. The van der Waals surface area contributed by atoms with Gasteiger partial charge in [-0.25, -0.2) is 0 Å². The third kappa shape index (κ3) is 3.00. The monoisotopic (exact) mass is 271 g/mol. The molecule has 1 fully saturated rings. The molecule has 0 aromatic carbocycles. The van der Waals surface area contributed by atoms with Crippen molar-refractivity contribution in [2.24, 2.45) is 0 Å². The van der Waals surface area contributed by atoms with Crippen LogP contribution < -0.4 is 9.64 Å². The quantitative estimate of drug-likeness (QED) is 0.820. The summed E-state index contributed by atoms with van der Waals surface area (Å²) in [5.41, 5.74) is 0. The zero-order chi connectivity index (χ0) is 13.1. The Hall–Kier alpha value is -1.14. The molecule has 1 aliphatic heterocycles. The van der Waals surface area contributed by atoms with Crippen LogP contribution in [-0.4, -0.2) is 60.2 Å². The molecule has 1 aliphatic rings. The largest absolute Gasteiger partial charge is 0.467 e. The summed E-state index contributed by atoms with van der Waals surface area (Å²) in [5.74, 6) is 0.596. The number of hydrogen-bond acceptors (Lipinski definition) is 6. The third-order valence-electron chi connectivity index (χ3n) is 3.17. The Morgan fingerprint density at radius 2 is 2.11 bits per heavy atom. The van der Waals surface area contributed by atoms with Crippen LogP contribution >= 0.6 is 11.6 Å². The fourth-order valence-corrected chi connectivity index (χ4v) is 2.26. The minimum absolute atomic E-state index is 0.170. The molecule has 1 unspecified atom stereocenters. The smallest absolute Gasteiger partial charge is 0.322 e. The number of halogens is 1. The van der Waals surface area contributed by atoms with E-state index in [0.29, 0.717) is 12.0 Å². The van der Waals surface area contributed by atoms with E-state index in [1.807, 2.05) is 0 Å². The first-order valence-corrected chi connectivity index (χ1v) is 6.35. The van der Waals surface area contributed by atoms with Gasteiger partial charge >= 0.3 is 6.01 Å². The predicted octanol–water partition coefficient (Wildman–Crippen LogP) is 1.06. The zero-order valence-corrected chi connectivity index (χ0v) is 11.7. The number of nitrogens with zero attached hydrogens (tertiary/aromatic N) is 5. The molecule has 100 valence electrons. The van der Waals surface area contributed by atoms with E-state index >= 15 is 0 Å². The molecule has 7 heteroatoms. The molecule has 2 rings (SSSR count). The van der Waals surface area contributed by atoms with E-state index in [2.05, 4.69) is 38.8 Å². The minimum Gasteiger partial charge on any atom is -0.467 e. The number of hydrogen-bond donors (Lipinski definition) is 0. The van der Waals surface area contributed by atoms with Crippen molar-refractivity contribution in [3.63, 3.8) is 0 Å². The Bertz CT molecular complexity index is 414. The summed E-state index contributed by atoms with van der Waals surface area (Å²) in [6, 6.07) is 0.775. The van der Waals surface area contributed by atoms with Crippen LogP contribution in [0.2, 0.25) is 5.28 Å². The summed E-state index contributed by atoms with van der Waals surface area (Å²) in [5, 5.41) is 0.170. The van der Waals surface area contributed by atoms with Gasteiger partial charge in [-0.2, -0.15) is 15.0 Å². The summed E-state index contributed by atoms with van der Waals surface area (Å²) >= 11 is 5.87. The molecule has 1 aromatic rings. The second-order valence-corrected chi connectivity index (χ2v) is 4.93. The highest BCUT2D eigenvalue weighted by Gasteiger charge is 2.24. The maximum absolute atomic E-state index is 5.87. The predicted molar refractivity (Wildman–Crippen MR) is 70.3 cm³/mol. The summed E-state index contributed by atoms with van der Waals surface area (Å²) in [6.07, 6.45) is 2.31. The van der Waals surface area contributed by atoms with Gasteiger partial charge in [0.2, 0.25) is 11.2 Å². The Kier molecular flexibility index (Phi) is 4.19. The Morgan fingerprint density at radius 3 is 2.78 bits per heavy atom. The summed E-state index contributed by atoms with van der Waals surface area (Å²) < 4.78 is 5.02. The van der Waals surface area contributed by atoms with E-state index in [0.717, 1.165) is 19.5 Å². The molecular formula is C11H18ClN5O. The normalized spacial score (nSPS) is 20.3. The topological polar surface area (TPSA) is 54.4 Å². The van der Waals surface area contributed by atoms with Crippen molar-refractivity contribution in [2.45, 2.75) is 18.9 Å². The first-order chi connectivity index (χ1) is 8.60. The Morgan fingerprint density at radius 1 is 1.33 bits per heavy atom. The number of likely N-dealkylation sites (N-methyl/N-ethyl adjacent to an activating group) is 1. The molecule has 18 heavy (non-hydrogen) atoms. The lowest BCUT2D eigenvalue weighted by Gasteiger charge is -2.36. The second kappa shape index (κ2) is 5.67. The summed E-state index contributed by atoms with van der Waals surface area (Å²) in [6.45, 7) is 1.84. The lowest BCUT2D eigenvalue weighted by molar-refractivity contribution is 0.256. The molecule has 0 spiro atoms. The maximum Gasteiger partial charge on any atom is 0.322 e. The maximum atomic E-state index is 5.87. The van der Waals surface area contributed by atoms with Crippen LogP contribution in [0.15, 0.2) is 0 Å². The third-order valence-corrected chi connectivity index (χ3v) is 3.34. The molecule has 2 heterocycles. The van der Waals surface area contributed by atoms with Crippen LogP contribution in [0.5, 0.6) is 6.01 Å². The van der Waals surface area contributed by atoms with E-state index in [1.54, 1.807) is 0 Å². The SMILES string of the molecule is COc1nc(Cl)nc(N2CCCC(N(C)C)C2)n1. The van der Waals surface area contributed by atoms with Crippen molar-refractivity contribution in [1.29, 1.82) is 0 Å². The Labute approximate surface area is 112 Å². The van der Waals surface area contributed by atoms with Crippen molar-refractivity contribution in [2.75, 3.05) is 39.2 Å². The van der Waals surface area contributed by atoms with Crippen LogP contribution in [0, 0.1) is 0 Å². The lowest BCUT2D eigenvalue weighted by Crippen LogP contribution is -2.45. The number of ether oxygens (including phenoxy) is 1. The van der Waals surface area contributed by atoms with Crippen molar-refractivity contribution in [1.82, 2.24) is 19.9 Å². The van der Waals surface area contributed by atoms with Gasteiger partial charge in [-0.1, -0.05) is 0 Å². The Balaban J connectivity index is 2.17. The fraction of sp³-hybridized carbons (Fsp3) is 0.727. The van der Waals surface area contributed by atoms with Gasteiger partial charge in [-0.3, -0.25) is 0 Å². The number of aromatic nitrogens is 3. The van der Waals surface area contributed by atoms with Crippen LogP contribution in [-0.2, 0) is 0 Å². The number of methoxy groups -OCH3 is 1. The van der Waals surface area contributed by atoms with Gasteiger partial charge in [-0.05, 0) is 38.5 Å². The van der Waals surface area contributed by atoms with Gasteiger partial charge in [0, 0.05) is 19.1 Å². The van der Waals surface area contributed by atoms with E-state index in [4.69, 9.17) is 16.3 Å². The van der Waals surface area contributed by atoms with Crippen LogP contribution in [0.1, 0.15) is 12.8 Å². The van der Waals surface area contributed by atoms with E-state index in [1.165, 1.54) is 13.5 Å². The molecular weight excluding hydrogens is 254 g/mol. The van der Waals surface area contributed by atoms with Crippen molar-refractivity contribution in [3.8, 4) is 6.01 Å². The van der Waals surface area contributed by atoms with E-state index in [-0.39, 0.29) is 11.3 Å². The first-order valence-electron chi connectivity index (χ1n) is 5.97. The molecule has 0 amide bonds. The molecule has 1 saturated heterocycles. The molecule has 0 aliphatic carbocycles. The van der Waals surface area contributed by atoms with Crippen molar-refractivity contribution < 1.29 is 4.74 Å². The van der Waals surface area contributed by atoms with Gasteiger partial charge in [-0.15, -0.1) is 0 Å².